The smallest absolute Gasteiger partial charge is 0.205 e. The van der Waals surface area contributed by atoms with Gasteiger partial charge in [-0.05, 0) is 29.5 Å². The molecule has 0 unspecified atom stereocenters. The fourth-order valence-corrected chi connectivity index (χ4v) is 5.01. The van der Waals surface area contributed by atoms with Gasteiger partial charge < -0.3 is 5.32 Å². The highest BCUT2D eigenvalue weighted by molar-refractivity contribution is 8.00. The Balaban J connectivity index is 1.71. The van der Waals surface area contributed by atoms with E-state index in [1.807, 2.05) is 91.2 Å². The van der Waals surface area contributed by atoms with Gasteiger partial charge in [-0.1, -0.05) is 72.8 Å². The number of nitriles is 1. The Bertz CT molecular complexity index is 1210. The highest BCUT2D eigenvalue weighted by atomic mass is 32.2. The second-order valence-corrected chi connectivity index (χ2v) is 8.64. The van der Waals surface area contributed by atoms with Crippen LogP contribution in [0.3, 0.4) is 0 Å². The Morgan fingerprint density at radius 2 is 1.50 bits per heavy atom. The van der Waals surface area contributed by atoms with Gasteiger partial charge in [0.2, 0.25) is 5.78 Å². The molecule has 5 heteroatoms. The molecule has 4 aromatic rings. The van der Waals surface area contributed by atoms with E-state index in [4.69, 9.17) is 0 Å². The number of anilines is 2. The number of rotatable bonds is 6. The van der Waals surface area contributed by atoms with E-state index in [9.17, 15) is 10.1 Å². The summed E-state index contributed by atoms with van der Waals surface area (Å²) in [5, 5.41) is 13.0. The van der Waals surface area contributed by atoms with E-state index in [-0.39, 0.29) is 5.78 Å². The molecule has 0 aliphatic carbocycles. The fourth-order valence-electron chi connectivity index (χ4n) is 3.18. The first-order chi connectivity index (χ1) is 14.7. The number of thiophene rings is 1. The van der Waals surface area contributed by atoms with Crippen LogP contribution in [0.4, 0.5) is 11.4 Å². The van der Waals surface area contributed by atoms with Gasteiger partial charge in [0.05, 0.1) is 9.90 Å². The van der Waals surface area contributed by atoms with E-state index in [0.29, 0.717) is 21.7 Å². The third-order valence-electron chi connectivity index (χ3n) is 4.68. The Hall–Kier alpha value is -3.33. The predicted molar refractivity (Wildman–Crippen MR) is 126 cm³/mol. The second kappa shape index (κ2) is 9.00. The standard InChI is InChI=1S/C25H18N2OS2/c1-29-25-21(16-26)22(27-20-10-6-3-7-11-20)24(30-25)23(28)19-14-12-18(13-15-19)17-8-4-2-5-9-17/h2-15,27H,1H3. The Morgan fingerprint density at radius 3 is 2.10 bits per heavy atom. The molecule has 0 atom stereocenters. The van der Waals surface area contributed by atoms with Gasteiger partial charge in [0.15, 0.2) is 0 Å². The van der Waals surface area contributed by atoms with Crippen LogP contribution in [0.2, 0.25) is 0 Å². The van der Waals surface area contributed by atoms with Crippen LogP contribution in [-0.4, -0.2) is 12.0 Å². The number of carbonyl (C=O) groups excluding carboxylic acids is 1. The number of carbonyl (C=O) groups is 1. The van der Waals surface area contributed by atoms with E-state index in [1.54, 1.807) is 0 Å². The number of hydrogen-bond donors (Lipinski definition) is 1. The zero-order chi connectivity index (χ0) is 20.9. The summed E-state index contributed by atoms with van der Waals surface area (Å²) < 4.78 is 0.834. The van der Waals surface area contributed by atoms with Crippen LogP contribution in [-0.2, 0) is 0 Å². The second-order valence-electron chi connectivity index (χ2n) is 6.55. The largest absolute Gasteiger partial charge is 0.353 e. The van der Waals surface area contributed by atoms with Gasteiger partial charge in [0.25, 0.3) is 0 Å². The Morgan fingerprint density at radius 1 is 0.900 bits per heavy atom. The zero-order valence-electron chi connectivity index (χ0n) is 16.3. The first kappa shape index (κ1) is 20.0. The molecule has 3 nitrogen and oxygen atoms in total. The van der Waals surface area contributed by atoms with Crippen LogP contribution in [0, 0.1) is 11.3 Å². The minimum Gasteiger partial charge on any atom is -0.353 e. The summed E-state index contributed by atoms with van der Waals surface area (Å²) in [6.07, 6.45) is 1.92. The first-order valence-corrected chi connectivity index (χ1v) is 11.4. The number of thioether (sulfide) groups is 1. The number of para-hydroxylation sites is 1. The Kier molecular flexibility index (Phi) is 5.99. The lowest BCUT2D eigenvalue weighted by Crippen LogP contribution is -2.03. The number of nitrogens with zero attached hydrogens (tertiary/aromatic N) is 1. The van der Waals surface area contributed by atoms with E-state index < -0.39 is 0 Å². The van der Waals surface area contributed by atoms with Crippen LogP contribution >= 0.6 is 23.1 Å². The van der Waals surface area contributed by atoms with Crippen molar-refractivity contribution in [2.45, 2.75) is 4.21 Å². The van der Waals surface area contributed by atoms with Crippen molar-refractivity contribution in [2.75, 3.05) is 11.6 Å². The van der Waals surface area contributed by atoms with Crippen molar-refractivity contribution in [1.82, 2.24) is 0 Å². The van der Waals surface area contributed by atoms with Crippen molar-refractivity contribution in [2.24, 2.45) is 0 Å². The molecular weight excluding hydrogens is 408 g/mol. The van der Waals surface area contributed by atoms with Gasteiger partial charge in [-0.2, -0.15) is 5.26 Å². The highest BCUT2D eigenvalue weighted by Gasteiger charge is 2.24. The maximum atomic E-state index is 13.4. The fraction of sp³-hybridized carbons (Fsp3) is 0.0400. The summed E-state index contributed by atoms with van der Waals surface area (Å²) in [4.78, 5) is 13.9. The van der Waals surface area contributed by atoms with Crippen molar-refractivity contribution in [3.8, 4) is 17.2 Å². The average molecular weight is 427 g/mol. The summed E-state index contributed by atoms with van der Waals surface area (Å²) in [6.45, 7) is 0. The summed E-state index contributed by atoms with van der Waals surface area (Å²) in [5.74, 6) is -0.0881. The maximum Gasteiger partial charge on any atom is 0.205 e. The highest BCUT2D eigenvalue weighted by Crippen LogP contribution is 2.41. The van der Waals surface area contributed by atoms with Crippen LogP contribution < -0.4 is 5.32 Å². The minimum absolute atomic E-state index is 0.0881. The third kappa shape index (κ3) is 4.02. The molecular formula is C25H18N2OS2. The van der Waals surface area contributed by atoms with Crippen molar-refractivity contribution < 1.29 is 4.79 Å². The Labute approximate surface area is 184 Å². The summed E-state index contributed by atoms with van der Waals surface area (Å²) >= 11 is 2.84. The van der Waals surface area contributed by atoms with Gasteiger partial charge >= 0.3 is 0 Å². The van der Waals surface area contributed by atoms with Gasteiger partial charge in [-0.15, -0.1) is 23.1 Å². The number of hydrogen-bond acceptors (Lipinski definition) is 5. The lowest BCUT2D eigenvalue weighted by atomic mass is 10.0. The van der Waals surface area contributed by atoms with Gasteiger partial charge in [0, 0.05) is 11.3 Å². The monoisotopic (exact) mass is 426 g/mol. The molecule has 30 heavy (non-hydrogen) atoms. The quantitative estimate of drug-likeness (QED) is 0.267. The molecule has 0 aliphatic heterocycles. The summed E-state index contributed by atoms with van der Waals surface area (Å²) in [7, 11) is 0. The van der Waals surface area contributed by atoms with Crippen molar-refractivity contribution in [1.29, 1.82) is 5.26 Å². The van der Waals surface area contributed by atoms with Crippen LogP contribution in [0.1, 0.15) is 20.8 Å². The molecule has 146 valence electrons. The molecule has 0 spiro atoms. The molecule has 0 amide bonds. The maximum absolute atomic E-state index is 13.4. The average Bonchev–Trinajstić information content (AvgIpc) is 3.17. The molecule has 1 N–H and O–H groups in total. The van der Waals surface area contributed by atoms with E-state index in [2.05, 4.69) is 11.4 Å². The molecule has 1 aromatic heterocycles. The van der Waals surface area contributed by atoms with Gasteiger partial charge in [-0.25, -0.2) is 0 Å². The van der Waals surface area contributed by atoms with Gasteiger partial charge in [0.1, 0.15) is 16.5 Å². The first-order valence-electron chi connectivity index (χ1n) is 9.34. The molecule has 0 fully saturated rings. The van der Waals surface area contributed by atoms with E-state index >= 15 is 0 Å². The van der Waals surface area contributed by atoms with Crippen LogP contribution in [0.5, 0.6) is 0 Å². The predicted octanol–water partition coefficient (Wildman–Crippen LogP) is 6.98. The van der Waals surface area contributed by atoms with Crippen LogP contribution in [0.15, 0.2) is 89.1 Å². The summed E-state index contributed by atoms with van der Waals surface area (Å²) in [6, 6.07) is 29.5. The van der Waals surface area contributed by atoms with Crippen molar-refractivity contribution in [3.05, 3.63) is 101 Å². The number of nitrogens with one attached hydrogen (secondary N) is 1. The lowest BCUT2D eigenvalue weighted by molar-refractivity contribution is 0.104. The van der Waals surface area contributed by atoms with Crippen LogP contribution in [0.25, 0.3) is 11.1 Å². The number of benzene rings is 3. The molecule has 1 heterocycles. The van der Waals surface area contributed by atoms with Crippen molar-refractivity contribution in [3.63, 3.8) is 0 Å². The normalized spacial score (nSPS) is 10.4. The molecule has 0 saturated heterocycles. The molecule has 3 aromatic carbocycles. The SMILES string of the molecule is CSc1sc(C(=O)c2ccc(-c3ccccc3)cc2)c(Nc2ccccc2)c1C#N. The van der Waals surface area contributed by atoms with E-state index in [0.717, 1.165) is 21.0 Å². The molecule has 0 saturated carbocycles. The van der Waals surface area contributed by atoms with E-state index in [1.165, 1.54) is 23.1 Å². The lowest BCUT2D eigenvalue weighted by Gasteiger charge is -2.09. The summed E-state index contributed by atoms with van der Waals surface area (Å²) in [5.41, 5.74) is 4.70. The molecule has 4 rings (SSSR count). The molecule has 0 aliphatic rings. The third-order valence-corrected chi connectivity index (χ3v) is 6.98. The van der Waals surface area contributed by atoms with Gasteiger partial charge in [-0.3, -0.25) is 4.79 Å². The molecule has 0 radical (unpaired) electrons. The zero-order valence-corrected chi connectivity index (χ0v) is 17.9. The molecule has 0 bridgehead atoms. The number of ketones is 1. The topological polar surface area (TPSA) is 52.9 Å². The minimum atomic E-state index is -0.0881. The van der Waals surface area contributed by atoms with Crippen molar-refractivity contribution >= 4 is 40.3 Å².